The first-order valence-electron chi connectivity index (χ1n) is 6.55. The Labute approximate surface area is 123 Å². The van der Waals surface area contributed by atoms with Gasteiger partial charge in [0.05, 0.1) is 5.69 Å². The molecule has 0 bridgehead atoms. The number of rotatable bonds is 2. The lowest BCUT2D eigenvalue weighted by molar-refractivity contribution is 1.41. The fourth-order valence-corrected chi connectivity index (χ4v) is 2.71. The van der Waals surface area contributed by atoms with Gasteiger partial charge in [0.1, 0.15) is 4.99 Å². The summed E-state index contributed by atoms with van der Waals surface area (Å²) in [6, 6.07) is 14.7. The lowest BCUT2D eigenvalue weighted by atomic mass is 10.0. The Morgan fingerprint density at radius 2 is 1.65 bits per heavy atom. The van der Waals surface area contributed by atoms with Crippen LogP contribution in [0, 0.1) is 13.8 Å². The van der Waals surface area contributed by atoms with Crippen LogP contribution in [0.1, 0.15) is 16.7 Å². The van der Waals surface area contributed by atoms with E-state index in [9.17, 15) is 0 Å². The fourth-order valence-electron chi connectivity index (χ4n) is 2.50. The molecule has 3 aromatic rings. The van der Waals surface area contributed by atoms with E-state index in [4.69, 9.17) is 18.0 Å². The molecular weight excluding hydrogens is 264 g/mol. The number of fused-ring (bicyclic) bond motifs is 1. The fraction of sp³-hybridized carbons (Fsp3) is 0.118. The van der Waals surface area contributed by atoms with Crippen LogP contribution >= 0.6 is 12.2 Å². The average molecular weight is 280 g/mol. The van der Waals surface area contributed by atoms with Gasteiger partial charge in [-0.15, -0.1) is 0 Å². The Morgan fingerprint density at radius 1 is 1.00 bits per heavy atom. The predicted octanol–water partition coefficient (Wildman–Crippen LogP) is 4.09. The number of thiocarbonyl (C=S) groups is 1. The monoisotopic (exact) mass is 280 g/mol. The third-order valence-electron chi connectivity index (χ3n) is 3.54. The van der Waals surface area contributed by atoms with Gasteiger partial charge >= 0.3 is 0 Å². The Morgan fingerprint density at radius 3 is 2.30 bits per heavy atom. The number of nitrogens with one attached hydrogen (secondary N) is 1. The van der Waals surface area contributed by atoms with Crippen molar-refractivity contribution < 1.29 is 0 Å². The smallest absolute Gasteiger partial charge is 0.106 e. The molecule has 2 aromatic carbocycles. The molecule has 0 radical (unpaired) electrons. The first-order chi connectivity index (χ1) is 9.56. The minimum atomic E-state index is 0.428. The lowest BCUT2D eigenvalue weighted by Gasteiger charge is -2.04. The molecule has 100 valence electrons. The third kappa shape index (κ3) is 2.10. The van der Waals surface area contributed by atoms with Crippen molar-refractivity contribution >= 4 is 28.1 Å². The van der Waals surface area contributed by atoms with Crippen molar-refractivity contribution in [1.82, 2.24) is 4.98 Å². The summed E-state index contributed by atoms with van der Waals surface area (Å²) in [5.41, 5.74) is 12.5. The number of benzene rings is 2. The Bertz CT molecular complexity index is 798. The summed E-state index contributed by atoms with van der Waals surface area (Å²) in [6.45, 7) is 4.15. The van der Waals surface area contributed by atoms with Crippen molar-refractivity contribution in [3.8, 4) is 11.3 Å². The van der Waals surface area contributed by atoms with Gasteiger partial charge in [-0.25, -0.2) is 0 Å². The van der Waals surface area contributed by atoms with Crippen molar-refractivity contribution in [1.29, 1.82) is 0 Å². The van der Waals surface area contributed by atoms with Crippen molar-refractivity contribution in [2.75, 3.05) is 0 Å². The first kappa shape index (κ1) is 12.9. The Hall–Kier alpha value is -2.13. The van der Waals surface area contributed by atoms with Crippen molar-refractivity contribution in [3.05, 3.63) is 59.2 Å². The highest BCUT2D eigenvalue weighted by Crippen LogP contribution is 2.31. The summed E-state index contributed by atoms with van der Waals surface area (Å²) in [7, 11) is 0. The van der Waals surface area contributed by atoms with Gasteiger partial charge < -0.3 is 10.7 Å². The standard InChI is InChI=1S/C17H16N2S/c1-10-3-6-12(7-4-10)16-15(17(18)20)13-9-11(2)5-8-14(13)19-16/h3-9,19H,1-2H3,(H2,18,20). The van der Waals surface area contributed by atoms with E-state index in [2.05, 4.69) is 61.3 Å². The van der Waals surface area contributed by atoms with E-state index in [0.717, 1.165) is 27.7 Å². The topological polar surface area (TPSA) is 41.8 Å². The quantitative estimate of drug-likeness (QED) is 0.694. The highest BCUT2D eigenvalue weighted by Gasteiger charge is 2.15. The van der Waals surface area contributed by atoms with Gasteiger partial charge in [-0.1, -0.05) is 53.7 Å². The molecule has 1 heterocycles. The molecule has 3 heteroatoms. The van der Waals surface area contributed by atoms with E-state index in [-0.39, 0.29) is 0 Å². The van der Waals surface area contributed by atoms with Gasteiger partial charge in [0.2, 0.25) is 0 Å². The molecule has 1 aromatic heterocycles. The van der Waals surface area contributed by atoms with Crippen LogP contribution in [0.15, 0.2) is 42.5 Å². The lowest BCUT2D eigenvalue weighted by Crippen LogP contribution is -2.10. The minimum absolute atomic E-state index is 0.428. The second-order valence-electron chi connectivity index (χ2n) is 5.15. The van der Waals surface area contributed by atoms with E-state index < -0.39 is 0 Å². The number of hydrogen-bond acceptors (Lipinski definition) is 1. The van der Waals surface area contributed by atoms with Crippen LogP contribution in [0.4, 0.5) is 0 Å². The molecule has 0 aliphatic rings. The van der Waals surface area contributed by atoms with E-state index in [0.29, 0.717) is 4.99 Å². The van der Waals surface area contributed by atoms with Crippen LogP contribution in [0.25, 0.3) is 22.2 Å². The number of aryl methyl sites for hydroxylation is 2. The number of H-pyrrole nitrogens is 1. The molecule has 3 N–H and O–H groups in total. The average Bonchev–Trinajstić information content (AvgIpc) is 2.78. The third-order valence-corrected chi connectivity index (χ3v) is 3.74. The highest BCUT2D eigenvalue weighted by atomic mass is 32.1. The molecule has 0 unspecified atom stereocenters. The predicted molar refractivity (Wildman–Crippen MR) is 89.1 cm³/mol. The highest BCUT2D eigenvalue weighted by molar-refractivity contribution is 7.80. The number of hydrogen-bond donors (Lipinski definition) is 2. The Balaban J connectivity index is 2.32. The molecule has 0 amide bonds. The normalized spacial score (nSPS) is 10.9. The van der Waals surface area contributed by atoms with Gasteiger partial charge in [-0.05, 0) is 31.5 Å². The maximum atomic E-state index is 5.95. The summed E-state index contributed by atoms with van der Waals surface area (Å²) >= 11 is 5.26. The van der Waals surface area contributed by atoms with Crippen LogP contribution < -0.4 is 5.73 Å². The van der Waals surface area contributed by atoms with Gasteiger partial charge in [0.15, 0.2) is 0 Å². The number of aromatic nitrogens is 1. The molecule has 0 fully saturated rings. The van der Waals surface area contributed by atoms with Crippen LogP contribution in [-0.4, -0.2) is 9.97 Å². The summed E-state index contributed by atoms with van der Waals surface area (Å²) in [4.78, 5) is 3.87. The largest absolute Gasteiger partial charge is 0.389 e. The SMILES string of the molecule is Cc1ccc(-c2[nH]c3ccc(C)cc3c2C(N)=S)cc1. The van der Waals surface area contributed by atoms with Crippen LogP contribution in [0.2, 0.25) is 0 Å². The minimum Gasteiger partial charge on any atom is -0.389 e. The van der Waals surface area contributed by atoms with E-state index >= 15 is 0 Å². The van der Waals surface area contributed by atoms with E-state index in [1.165, 1.54) is 11.1 Å². The van der Waals surface area contributed by atoms with Gasteiger partial charge in [0, 0.05) is 16.5 Å². The Kier molecular flexibility index (Phi) is 3.07. The van der Waals surface area contributed by atoms with Crippen molar-refractivity contribution in [3.63, 3.8) is 0 Å². The molecule has 0 atom stereocenters. The number of aromatic amines is 1. The molecule has 2 nitrogen and oxygen atoms in total. The molecule has 0 aliphatic carbocycles. The summed E-state index contributed by atoms with van der Waals surface area (Å²) < 4.78 is 0. The first-order valence-corrected chi connectivity index (χ1v) is 6.96. The summed E-state index contributed by atoms with van der Waals surface area (Å²) in [5, 5.41) is 1.09. The molecule has 0 spiro atoms. The zero-order valence-corrected chi connectivity index (χ0v) is 12.3. The summed E-state index contributed by atoms with van der Waals surface area (Å²) in [5.74, 6) is 0. The van der Waals surface area contributed by atoms with Crippen LogP contribution in [-0.2, 0) is 0 Å². The zero-order valence-electron chi connectivity index (χ0n) is 11.5. The molecule has 3 rings (SSSR count). The van der Waals surface area contributed by atoms with Crippen molar-refractivity contribution in [2.24, 2.45) is 5.73 Å². The van der Waals surface area contributed by atoms with Gasteiger partial charge in [-0.3, -0.25) is 0 Å². The number of nitrogens with two attached hydrogens (primary N) is 1. The van der Waals surface area contributed by atoms with Crippen LogP contribution in [0.3, 0.4) is 0 Å². The van der Waals surface area contributed by atoms with Gasteiger partial charge in [-0.2, -0.15) is 0 Å². The second-order valence-corrected chi connectivity index (χ2v) is 5.59. The maximum absolute atomic E-state index is 5.95. The van der Waals surface area contributed by atoms with Crippen molar-refractivity contribution in [2.45, 2.75) is 13.8 Å². The van der Waals surface area contributed by atoms with E-state index in [1.807, 2.05) is 0 Å². The molecule has 0 saturated heterocycles. The van der Waals surface area contributed by atoms with Gasteiger partial charge in [0.25, 0.3) is 0 Å². The molecular formula is C17H16N2S. The van der Waals surface area contributed by atoms with Crippen LogP contribution in [0.5, 0.6) is 0 Å². The zero-order chi connectivity index (χ0) is 14.3. The molecule has 20 heavy (non-hydrogen) atoms. The van der Waals surface area contributed by atoms with E-state index in [1.54, 1.807) is 0 Å². The molecule has 0 saturated carbocycles. The summed E-state index contributed by atoms with van der Waals surface area (Å²) in [6.07, 6.45) is 0. The molecule has 0 aliphatic heterocycles. The second kappa shape index (κ2) is 4.76. The maximum Gasteiger partial charge on any atom is 0.106 e.